The van der Waals surface area contributed by atoms with Crippen LogP contribution in [0.3, 0.4) is 0 Å². The van der Waals surface area contributed by atoms with Gasteiger partial charge in [0.2, 0.25) is 9.84 Å². The SMILES string of the molecule is CCNc1ccc(S(=O)(=O)c2ccc(NCC)c(Cl)c2)cc1Cl. The first-order valence-corrected chi connectivity index (χ1v) is 9.46. The summed E-state index contributed by atoms with van der Waals surface area (Å²) >= 11 is 12.3. The Labute approximate surface area is 146 Å². The van der Waals surface area contributed by atoms with Crippen molar-refractivity contribution in [2.75, 3.05) is 23.7 Å². The third-order valence-electron chi connectivity index (χ3n) is 3.24. The first-order valence-electron chi connectivity index (χ1n) is 7.22. The van der Waals surface area contributed by atoms with Gasteiger partial charge in [-0.25, -0.2) is 8.42 Å². The van der Waals surface area contributed by atoms with E-state index in [0.717, 1.165) is 0 Å². The van der Waals surface area contributed by atoms with Gasteiger partial charge in [0.15, 0.2) is 0 Å². The Balaban J connectivity index is 2.42. The molecule has 0 unspecified atom stereocenters. The molecule has 0 saturated carbocycles. The molecule has 0 aliphatic carbocycles. The summed E-state index contributed by atoms with van der Waals surface area (Å²) in [6, 6.07) is 9.28. The van der Waals surface area contributed by atoms with Crippen LogP contribution in [0.4, 0.5) is 11.4 Å². The highest BCUT2D eigenvalue weighted by molar-refractivity contribution is 7.91. The average molecular weight is 373 g/mol. The van der Waals surface area contributed by atoms with Crippen LogP contribution in [0.5, 0.6) is 0 Å². The number of halogens is 2. The van der Waals surface area contributed by atoms with Crippen LogP contribution >= 0.6 is 23.2 Å². The predicted molar refractivity (Wildman–Crippen MR) is 96.7 cm³/mol. The summed E-state index contributed by atoms with van der Waals surface area (Å²) < 4.78 is 25.4. The van der Waals surface area contributed by atoms with Crippen LogP contribution in [-0.2, 0) is 9.84 Å². The number of benzene rings is 2. The van der Waals surface area contributed by atoms with Crippen molar-refractivity contribution in [1.29, 1.82) is 0 Å². The molecular formula is C16H18Cl2N2O2S. The van der Waals surface area contributed by atoms with E-state index in [9.17, 15) is 8.42 Å². The fourth-order valence-electron chi connectivity index (χ4n) is 2.13. The average Bonchev–Trinajstić information content (AvgIpc) is 2.51. The third-order valence-corrected chi connectivity index (χ3v) is 5.61. The Kier molecular flexibility index (Phi) is 5.79. The zero-order valence-electron chi connectivity index (χ0n) is 12.9. The highest BCUT2D eigenvalue weighted by Gasteiger charge is 2.20. The van der Waals surface area contributed by atoms with E-state index in [1.165, 1.54) is 24.3 Å². The van der Waals surface area contributed by atoms with Gasteiger partial charge in [-0.2, -0.15) is 0 Å². The lowest BCUT2D eigenvalue weighted by molar-refractivity contribution is 0.596. The maximum atomic E-state index is 12.7. The summed E-state index contributed by atoms with van der Waals surface area (Å²) in [5.74, 6) is 0. The molecule has 2 rings (SSSR count). The van der Waals surface area contributed by atoms with Gasteiger partial charge >= 0.3 is 0 Å². The van der Waals surface area contributed by atoms with Crippen molar-refractivity contribution in [3.8, 4) is 0 Å². The number of rotatable bonds is 6. The lowest BCUT2D eigenvalue weighted by Gasteiger charge is -2.11. The fourth-order valence-corrected chi connectivity index (χ4v) is 4.07. The lowest BCUT2D eigenvalue weighted by Crippen LogP contribution is -2.05. The Bertz CT molecular complexity index is 746. The molecule has 0 atom stereocenters. The van der Waals surface area contributed by atoms with Gasteiger partial charge in [0.25, 0.3) is 0 Å². The molecule has 2 N–H and O–H groups in total. The van der Waals surface area contributed by atoms with Crippen molar-refractivity contribution in [2.24, 2.45) is 0 Å². The normalized spacial score (nSPS) is 11.3. The quantitative estimate of drug-likeness (QED) is 0.771. The molecule has 0 bridgehead atoms. The van der Waals surface area contributed by atoms with Crippen LogP contribution < -0.4 is 10.6 Å². The van der Waals surface area contributed by atoms with Gasteiger partial charge < -0.3 is 10.6 Å². The van der Waals surface area contributed by atoms with Gasteiger partial charge in [-0.15, -0.1) is 0 Å². The number of hydrogen-bond donors (Lipinski definition) is 2. The molecule has 4 nitrogen and oxygen atoms in total. The van der Waals surface area contributed by atoms with Crippen molar-refractivity contribution in [3.05, 3.63) is 46.4 Å². The topological polar surface area (TPSA) is 58.2 Å². The van der Waals surface area contributed by atoms with Gasteiger partial charge in [-0.1, -0.05) is 23.2 Å². The van der Waals surface area contributed by atoms with E-state index in [1.54, 1.807) is 12.1 Å². The second-order valence-electron chi connectivity index (χ2n) is 4.85. The molecule has 0 spiro atoms. The standard InChI is InChI=1S/C16H18Cl2N2O2S/c1-3-19-15-7-5-11(9-13(15)17)23(21,22)12-6-8-16(20-4-2)14(18)10-12/h5-10,19-20H,3-4H2,1-2H3. The largest absolute Gasteiger partial charge is 0.384 e. The van der Waals surface area contributed by atoms with Gasteiger partial charge in [0, 0.05) is 13.1 Å². The molecule has 2 aromatic rings. The zero-order chi connectivity index (χ0) is 17.0. The van der Waals surface area contributed by atoms with E-state index in [1.807, 2.05) is 13.8 Å². The van der Waals surface area contributed by atoms with E-state index in [0.29, 0.717) is 34.5 Å². The third kappa shape index (κ3) is 3.91. The summed E-state index contributed by atoms with van der Waals surface area (Å²) in [5.41, 5.74) is 1.40. The monoisotopic (exact) mass is 372 g/mol. The number of hydrogen-bond acceptors (Lipinski definition) is 4. The number of sulfone groups is 1. The summed E-state index contributed by atoms with van der Waals surface area (Å²) in [4.78, 5) is 0.271. The number of anilines is 2. The second-order valence-corrected chi connectivity index (χ2v) is 7.61. The molecule has 7 heteroatoms. The minimum atomic E-state index is -3.67. The maximum absolute atomic E-state index is 12.7. The summed E-state index contributed by atoms with van der Waals surface area (Å²) in [5, 5.41) is 6.87. The lowest BCUT2D eigenvalue weighted by atomic mass is 10.3. The first kappa shape index (κ1) is 17.9. The van der Waals surface area contributed by atoms with E-state index >= 15 is 0 Å². The molecule has 0 aliphatic rings. The van der Waals surface area contributed by atoms with Crippen molar-refractivity contribution in [1.82, 2.24) is 0 Å². The molecule has 0 aliphatic heterocycles. The number of nitrogens with one attached hydrogen (secondary N) is 2. The van der Waals surface area contributed by atoms with Gasteiger partial charge in [-0.05, 0) is 50.2 Å². The molecule has 2 aromatic carbocycles. The maximum Gasteiger partial charge on any atom is 0.206 e. The Morgan fingerprint density at radius 1 is 0.826 bits per heavy atom. The van der Waals surface area contributed by atoms with Crippen LogP contribution in [0.25, 0.3) is 0 Å². The molecule has 0 saturated heterocycles. The van der Waals surface area contributed by atoms with E-state index < -0.39 is 9.84 Å². The molecule has 0 radical (unpaired) electrons. The molecule has 23 heavy (non-hydrogen) atoms. The van der Waals surface area contributed by atoms with E-state index in [4.69, 9.17) is 23.2 Å². The van der Waals surface area contributed by atoms with Crippen molar-refractivity contribution in [3.63, 3.8) is 0 Å². The van der Waals surface area contributed by atoms with E-state index in [2.05, 4.69) is 10.6 Å². The molecular weight excluding hydrogens is 355 g/mol. The molecule has 0 fully saturated rings. The van der Waals surface area contributed by atoms with Gasteiger partial charge in [0.1, 0.15) is 0 Å². The Morgan fingerprint density at radius 3 is 1.52 bits per heavy atom. The summed E-state index contributed by atoms with van der Waals surface area (Å²) in [6.07, 6.45) is 0. The molecule has 0 amide bonds. The van der Waals surface area contributed by atoms with Gasteiger partial charge in [0.05, 0.1) is 31.2 Å². The summed E-state index contributed by atoms with van der Waals surface area (Å²) in [6.45, 7) is 5.28. The molecule has 0 aromatic heterocycles. The van der Waals surface area contributed by atoms with Crippen LogP contribution in [0.1, 0.15) is 13.8 Å². The molecule has 124 valence electrons. The zero-order valence-corrected chi connectivity index (χ0v) is 15.2. The van der Waals surface area contributed by atoms with Crippen LogP contribution in [0.2, 0.25) is 10.0 Å². The van der Waals surface area contributed by atoms with Crippen molar-refractivity contribution < 1.29 is 8.42 Å². The molecule has 0 heterocycles. The van der Waals surface area contributed by atoms with Crippen molar-refractivity contribution in [2.45, 2.75) is 23.6 Å². The highest BCUT2D eigenvalue weighted by Crippen LogP contribution is 2.31. The van der Waals surface area contributed by atoms with Gasteiger partial charge in [-0.3, -0.25) is 0 Å². The highest BCUT2D eigenvalue weighted by atomic mass is 35.5. The second kappa shape index (κ2) is 7.43. The fraction of sp³-hybridized carbons (Fsp3) is 0.250. The van der Waals surface area contributed by atoms with E-state index in [-0.39, 0.29) is 9.79 Å². The van der Waals surface area contributed by atoms with Crippen LogP contribution in [0, 0.1) is 0 Å². The minimum Gasteiger partial charge on any atom is -0.384 e. The predicted octanol–water partition coefficient (Wildman–Crippen LogP) is 4.69. The van der Waals surface area contributed by atoms with Crippen LogP contribution in [0.15, 0.2) is 46.2 Å². The van der Waals surface area contributed by atoms with Crippen LogP contribution in [-0.4, -0.2) is 21.5 Å². The minimum absolute atomic E-state index is 0.136. The summed E-state index contributed by atoms with van der Waals surface area (Å²) in [7, 11) is -3.67. The van der Waals surface area contributed by atoms with Crippen molar-refractivity contribution >= 4 is 44.4 Å². The Morgan fingerprint density at radius 2 is 1.22 bits per heavy atom. The Hall–Kier alpha value is -1.43. The smallest absolute Gasteiger partial charge is 0.206 e. The first-order chi connectivity index (χ1) is 10.9.